The summed E-state index contributed by atoms with van der Waals surface area (Å²) in [5, 5.41) is 10.0. The van der Waals surface area contributed by atoms with E-state index in [0.717, 1.165) is 28.0 Å². The molecule has 148 valence electrons. The molecule has 2 N–H and O–H groups in total. The molecule has 3 heterocycles. The summed E-state index contributed by atoms with van der Waals surface area (Å²) in [5.74, 6) is 0. The molecule has 0 radical (unpaired) electrons. The molecule has 1 aromatic carbocycles. The Kier molecular flexibility index (Phi) is 5.53. The number of amides is 2. The fraction of sp³-hybridized carbons (Fsp3) is 0.190. The first-order valence-electron chi connectivity index (χ1n) is 9.29. The Morgan fingerprint density at radius 1 is 1.14 bits per heavy atom. The summed E-state index contributed by atoms with van der Waals surface area (Å²) in [7, 11) is 1.67. The van der Waals surface area contributed by atoms with Crippen LogP contribution in [-0.2, 0) is 17.8 Å². The molecule has 3 aromatic heterocycles. The van der Waals surface area contributed by atoms with Crippen molar-refractivity contribution < 1.29 is 9.53 Å². The van der Waals surface area contributed by atoms with E-state index in [9.17, 15) is 4.79 Å². The Bertz CT molecular complexity index is 1100. The van der Waals surface area contributed by atoms with Gasteiger partial charge in [-0.3, -0.25) is 4.68 Å². The standard InChI is InChI=1S/C21H22N6O2/c1-29-11-10-27-15-18(14-24-27)17-2-4-19(5-3-17)25-21(28)23-13-16-6-8-26-9-7-22-20(26)12-16/h2-9,12,14-15H,10-11,13H2,1H3,(H2,23,25,28). The minimum Gasteiger partial charge on any atom is -0.383 e. The number of hydrogen-bond acceptors (Lipinski definition) is 4. The van der Waals surface area contributed by atoms with Crippen molar-refractivity contribution in [3.05, 3.63) is 72.9 Å². The summed E-state index contributed by atoms with van der Waals surface area (Å²) < 4.78 is 8.84. The molecule has 0 spiro atoms. The van der Waals surface area contributed by atoms with Crippen LogP contribution in [0.15, 0.2) is 67.4 Å². The average molecular weight is 390 g/mol. The lowest BCUT2D eigenvalue weighted by molar-refractivity contribution is 0.183. The predicted octanol–water partition coefficient (Wildman–Crippen LogP) is 3.17. The molecule has 4 aromatic rings. The van der Waals surface area contributed by atoms with Gasteiger partial charge in [-0.1, -0.05) is 12.1 Å². The summed E-state index contributed by atoms with van der Waals surface area (Å²) in [5.41, 5.74) is 4.62. The number of benzene rings is 1. The van der Waals surface area contributed by atoms with E-state index in [1.807, 2.05) is 70.3 Å². The molecule has 0 saturated heterocycles. The van der Waals surface area contributed by atoms with Crippen LogP contribution in [-0.4, -0.2) is 38.9 Å². The van der Waals surface area contributed by atoms with Crippen molar-refractivity contribution in [2.45, 2.75) is 13.1 Å². The maximum absolute atomic E-state index is 12.2. The number of ether oxygens (including phenoxy) is 1. The van der Waals surface area contributed by atoms with E-state index in [1.54, 1.807) is 13.3 Å². The van der Waals surface area contributed by atoms with E-state index in [-0.39, 0.29) is 6.03 Å². The van der Waals surface area contributed by atoms with Gasteiger partial charge in [-0.15, -0.1) is 0 Å². The van der Waals surface area contributed by atoms with Crippen molar-refractivity contribution in [2.75, 3.05) is 19.0 Å². The van der Waals surface area contributed by atoms with E-state index >= 15 is 0 Å². The van der Waals surface area contributed by atoms with Crippen molar-refractivity contribution in [1.29, 1.82) is 0 Å². The van der Waals surface area contributed by atoms with Gasteiger partial charge >= 0.3 is 6.03 Å². The number of carbonyl (C=O) groups excluding carboxylic acids is 1. The number of imidazole rings is 1. The van der Waals surface area contributed by atoms with E-state index in [1.165, 1.54) is 0 Å². The van der Waals surface area contributed by atoms with Gasteiger partial charge in [-0.25, -0.2) is 9.78 Å². The molecule has 4 rings (SSSR count). The highest BCUT2D eigenvalue weighted by molar-refractivity contribution is 5.89. The van der Waals surface area contributed by atoms with Crippen molar-refractivity contribution in [2.24, 2.45) is 0 Å². The molecular formula is C21H22N6O2. The number of aromatic nitrogens is 4. The highest BCUT2D eigenvalue weighted by Gasteiger charge is 2.05. The largest absolute Gasteiger partial charge is 0.383 e. The van der Waals surface area contributed by atoms with Gasteiger partial charge in [0, 0.05) is 49.7 Å². The first kappa shape index (κ1) is 18.7. The van der Waals surface area contributed by atoms with E-state index in [4.69, 9.17) is 4.74 Å². The lowest BCUT2D eigenvalue weighted by Gasteiger charge is -2.08. The minimum atomic E-state index is -0.256. The summed E-state index contributed by atoms with van der Waals surface area (Å²) in [6, 6.07) is 11.3. The van der Waals surface area contributed by atoms with Crippen LogP contribution >= 0.6 is 0 Å². The van der Waals surface area contributed by atoms with Crippen LogP contribution in [0.5, 0.6) is 0 Å². The summed E-state index contributed by atoms with van der Waals surface area (Å²) in [4.78, 5) is 16.4. The quantitative estimate of drug-likeness (QED) is 0.508. The van der Waals surface area contributed by atoms with Crippen LogP contribution in [0.3, 0.4) is 0 Å². The summed E-state index contributed by atoms with van der Waals surface area (Å²) in [6.45, 7) is 1.76. The monoisotopic (exact) mass is 390 g/mol. The second-order valence-electron chi connectivity index (χ2n) is 6.60. The maximum Gasteiger partial charge on any atom is 0.319 e. The molecule has 0 saturated carbocycles. The van der Waals surface area contributed by atoms with Gasteiger partial charge < -0.3 is 19.8 Å². The second-order valence-corrected chi connectivity index (χ2v) is 6.60. The Hall–Kier alpha value is -3.65. The number of anilines is 1. The molecule has 0 atom stereocenters. The van der Waals surface area contributed by atoms with Crippen molar-refractivity contribution >= 4 is 17.4 Å². The lowest BCUT2D eigenvalue weighted by Crippen LogP contribution is -2.28. The minimum absolute atomic E-state index is 0.256. The number of rotatable bonds is 7. The molecule has 29 heavy (non-hydrogen) atoms. The van der Waals surface area contributed by atoms with Gasteiger partial charge in [0.2, 0.25) is 0 Å². The van der Waals surface area contributed by atoms with E-state index < -0.39 is 0 Å². The average Bonchev–Trinajstić information content (AvgIpc) is 3.40. The first-order chi connectivity index (χ1) is 14.2. The van der Waals surface area contributed by atoms with Gasteiger partial charge in [0.1, 0.15) is 5.65 Å². The Morgan fingerprint density at radius 3 is 2.83 bits per heavy atom. The molecule has 0 unspecified atom stereocenters. The zero-order valence-corrected chi connectivity index (χ0v) is 16.1. The van der Waals surface area contributed by atoms with Gasteiger partial charge in [0.25, 0.3) is 0 Å². The number of carbonyl (C=O) groups is 1. The third-order valence-electron chi connectivity index (χ3n) is 4.55. The Morgan fingerprint density at radius 2 is 2.00 bits per heavy atom. The van der Waals surface area contributed by atoms with E-state index in [2.05, 4.69) is 20.7 Å². The molecule has 2 amide bonds. The van der Waals surface area contributed by atoms with Crippen LogP contribution in [0.2, 0.25) is 0 Å². The molecule has 0 aliphatic carbocycles. The third kappa shape index (κ3) is 4.61. The van der Waals surface area contributed by atoms with Crippen LogP contribution in [0.25, 0.3) is 16.8 Å². The summed E-state index contributed by atoms with van der Waals surface area (Å²) in [6.07, 6.45) is 9.35. The van der Waals surface area contributed by atoms with Gasteiger partial charge in [-0.2, -0.15) is 5.10 Å². The number of fused-ring (bicyclic) bond motifs is 1. The van der Waals surface area contributed by atoms with Crippen LogP contribution < -0.4 is 10.6 Å². The molecule has 0 aliphatic heterocycles. The van der Waals surface area contributed by atoms with Crippen LogP contribution in [0.4, 0.5) is 10.5 Å². The number of urea groups is 1. The normalized spacial score (nSPS) is 10.9. The van der Waals surface area contributed by atoms with Crippen molar-refractivity contribution in [3.63, 3.8) is 0 Å². The SMILES string of the molecule is COCCn1cc(-c2ccc(NC(=O)NCc3ccn4ccnc4c3)cc2)cn1. The Labute approximate surface area is 168 Å². The second kappa shape index (κ2) is 8.57. The fourth-order valence-corrected chi connectivity index (χ4v) is 2.99. The van der Waals surface area contributed by atoms with Gasteiger partial charge in [-0.05, 0) is 35.4 Å². The topological polar surface area (TPSA) is 85.5 Å². The summed E-state index contributed by atoms with van der Waals surface area (Å²) >= 11 is 0. The highest BCUT2D eigenvalue weighted by Crippen LogP contribution is 2.21. The number of hydrogen-bond donors (Lipinski definition) is 2. The lowest BCUT2D eigenvalue weighted by atomic mass is 10.1. The molecule has 8 heteroatoms. The van der Waals surface area contributed by atoms with E-state index in [0.29, 0.717) is 19.7 Å². The van der Waals surface area contributed by atoms with Crippen molar-refractivity contribution in [3.8, 4) is 11.1 Å². The Balaban J connectivity index is 1.32. The zero-order valence-electron chi connectivity index (χ0n) is 16.1. The number of pyridine rings is 1. The zero-order chi connectivity index (χ0) is 20.1. The van der Waals surface area contributed by atoms with Crippen LogP contribution in [0.1, 0.15) is 5.56 Å². The number of methoxy groups -OCH3 is 1. The highest BCUT2D eigenvalue weighted by atomic mass is 16.5. The molecule has 8 nitrogen and oxygen atoms in total. The van der Waals surface area contributed by atoms with Gasteiger partial charge in [0.05, 0.1) is 19.3 Å². The molecule has 0 aliphatic rings. The number of nitrogens with zero attached hydrogens (tertiary/aromatic N) is 4. The van der Waals surface area contributed by atoms with Crippen LogP contribution in [0, 0.1) is 0 Å². The molecule has 0 bridgehead atoms. The predicted molar refractivity (Wildman–Crippen MR) is 111 cm³/mol. The molecule has 0 fully saturated rings. The third-order valence-corrected chi connectivity index (χ3v) is 4.55. The number of nitrogens with one attached hydrogen (secondary N) is 2. The first-order valence-corrected chi connectivity index (χ1v) is 9.29. The smallest absolute Gasteiger partial charge is 0.319 e. The maximum atomic E-state index is 12.2. The van der Waals surface area contributed by atoms with Gasteiger partial charge in [0.15, 0.2) is 0 Å². The molecular weight excluding hydrogens is 368 g/mol. The van der Waals surface area contributed by atoms with Crippen molar-refractivity contribution in [1.82, 2.24) is 24.5 Å². The fourth-order valence-electron chi connectivity index (χ4n) is 2.99.